The lowest BCUT2D eigenvalue weighted by Gasteiger charge is -2.36. The van der Waals surface area contributed by atoms with E-state index < -0.39 is 23.4 Å². The summed E-state index contributed by atoms with van der Waals surface area (Å²) in [4.78, 5) is 55.8. The highest BCUT2D eigenvalue weighted by Crippen LogP contribution is 2.41. The van der Waals surface area contributed by atoms with Gasteiger partial charge in [0, 0.05) is 44.8 Å². The van der Waals surface area contributed by atoms with Gasteiger partial charge >= 0.3 is 6.03 Å². The lowest BCUT2D eigenvalue weighted by atomic mass is 9.92. The number of hydrogen-bond acceptors (Lipinski definition) is 5. The van der Waals surface area contributed by atoms with Crippen LogP contribution in [0.3, 0.4) is 0 Å². The van der Waals surface area contributed by atoms with Crippen LogP contribution in [0, 0.1) is 0 Å². The lowest BCUT2D eigenvalue weighted by molar-refractivity contribution is -0.135. The summed E-state index contributed by atoms with van der Waals surface area (Å²) in [6, 6.07) is 17.1. The van der Waals surface area contributed by atoms with E-state index in [1.165, 1.54) is 0 Å². The number of urea groups is 1. The molecule has 9 nitrogen and oxygen atoms in total. The van der Waals surface area contributed by atoms with Crippen molar-refractivity contribution >= 4 is 29.4 Å². The first kappa shape index (κ1) is 22.9. The molecule has 2 heterocycles. The van der Waals surface area contributed by atoms with E-state index in [9.17, 15) is 19.2 Å². The van der Waals surface area contributed by atoms with Crippen molar-refractivity contribution in [3.63, 3.8) is 0 Å². The first-order chi connectivity index (χ1) is 17.0. The van der Waals surface area contributed by atoms with Crippen LogP contribution in [0.5, 0.6) is 0 Å². The fraction of sp³-hybridized carbons (Fsp3) is 0.385. The Bertz CT molecular complexity index is 1150. The second-order valence-electron chi connectivity index (χ2n) is 9.19. The summed E-state index contributed by atoms with van der Waals surface area (Å²) in [6.07, 6.45) is 1.36. The van der Waals surface area contributed by atoms with Crippen molar-refractivity contribution in [2.75, 3.05) is 44.2 Å². The Hall–Kier alpha value is -3.88. The first-order valence-electron chi connectivity index (χ1n) is 12.0. The molecule has 2 saturated heterocycles. The topological polar surface area (TPSA) is 102 Å². The van der Waals surface area contributed by atoms with Crippen LogP contribution in [-0.4, -0.2) is 72.8 Å². The number of imide groups is 1. The van der Waals surface area contributed by atoms with Crippen LogP contribution in [0.1, 0.15) is 24.0 Å². The minimum absolute atomic E-state index is 0.0190. The van der Waals surface area contributed by atoms with Gasteiger partial charge < -0.3 is 20.4 Å². The molecule has 2 aromatic carbocycles. The van der Waals surface area contributed by atoms with Crippen LogP contribution >= 0.6 is 0 Å². The molecule has 0 bridgehead atoms. The van der Waals surface area contributed by atoms with Gasteiger partial charge in [-0.15, -0.1) is 0 Å². The third kappa shape index (κ3) is 4.34. The predicted molar refractivity (Wildman–Crippen MR) is 130 cm³/mol. The highest BCUT2D eigenvalue weighted by Gasteiger charge is 2.55. The van der Waals surface area contributed by atoms with Crippen LogP contribution in [0.25, 0.3) is 0 Å². The average molecular weight is 476 g/mol. The Labute approximate surface area is 204 Å². The zero-order valence-corrected chi connectivity index (χ0v) is 19.5. The summed E-state index contributed by atoms with van der Waals surface area (Å²) in [5.74, 6) is -0.872. The molecule has 1 unspecified atom stereocenters. The predicted octanol–water partition coefficient (Wildman–Crippen LogP) is 1.24. The van der Waals surface area contributed by atoms with Gasteiger partial charge in [-0.1, -0.05) is 42.5 Å². The largest absolute Gasteiger partial charge is 0.368 e. The van der Waals surface area contributed by atoms with Gasteiger partial charge in [0.05, 0.1) is 0 Å². The van der Waals surface area contributed by atoms with Crippen molar-refractivity contribution in [1.82, 2.24) is 20.4 Å². The molecule has 5 rings (SSSR count). The van der Waals surface area contributed by atoms with E-state index in [2.05, 4.69) is 27.7 Å². The Morgan fingerprint density at radius 2 is 1.66 bits per heavy atom. The highest BCUT2D eigenvalue weighted by atomic mass is 16.2. The van der Waals surface area contributed by atoms with Crippen LogP contribution < -0.4 is 15.5 Å². The van der Waals surface area contributed by atoms with Gasteiger partial charge in [-0.25, -0.2) is 4.79 Å². The second kappa shape index (κ2) is 9.40. The van der Waals surface area contributed by atoms with Crippen LogP contribution in [0.15, 0.2) is 54.6 Å². The molecular formula is C26H29N5O4. The number of anilines is 1. The minimum atomic E-state index is -1.08. The van der Waals surface area contributed by atoms with E-state index in [0.29, 0.717) is 25.9 Å². The number of aryl methyl sites for hydroxylation is 1. The van der Waals surface area contributed by atoms with Crippen molar-refractivity contribution in [2.24, 2.45) is 0 Å². The van der Waals surface area contributed by atoms with E-state index >= 15 is 0 Å². The average Bonchev–Trinajstić information content (AvgIpc) is 3.37. The number of fused-ring (bicyclic) bond motifs is 2. The standard InChI is InChI=1S/C26H29N5O4/c32-22(18-31-24(34)26(28-25(31)35)12-10-19-6-4-5-9-21(19)26)27-13-11-23(33)30-16-14-29(15-17-30)20-7-2-1-3-8-20/h1-9H,10-18H2,(H,27,32)(H,28,35). The molecule has 35 heavy (non-hydrogen) atoms. The van der Waals surface area contributed by atoms with Gasteiger partial charge in [0.15, 0.2) is 0 Å². The van der Waals surface area contributed by atoms with Crippen LogP contribution in [0.2, 0.25) is 0 Å². The van der Waals surface area contributed by atoms with Gasteiger partial charge in [0.1, 0.15) is 12.1 Å². The summed E-state index contributed by atoms with van der Waals surface area (Å²) < 4.78 is 0. The zero-order chi connectivity index (χ0) is 24.4. The first-order valence-corrected chi connectivity index (χ1v) is 12.0. The molecule has 182 valence electrons. The number of nitrogens with zero attached hydrogens (tertiary/aromatic N) is 3. The van der Waals surface area contributed by atoms with Crippen molar-refractivity contribution in [2.45, 2.75) is 24.8 Å². The number of benzene rings is 2. The molecule has 1 aliphatic carbocycles. The lowest BCUT2D eigenvalue weighted by Crippen LogP contribution is -2.49. The Morgan fingerprint density at radius 3 is 2.43 bits per heavy atom. The van der Waals surface area contributed by atoms with Gasteiger partial charge in [-0.05, 0) is 36.1 Å². The monoisotopic (exact) mass is 475 g/mol. The fourth-order valence-corrected chi connectivity index (χ4v) is 5.25. The molecular weight excluding hydrogens is 446 g/mol. The molecule has 1 atom stereocenters. The maximum Gasteiger partial charge on any atom is 0.325 e. The Kier molecular flexibility index (Phi) is 6.15. The quantitative estimate of drug-likeness (QED) is 0.612. The summed E-state index contributed by atoms with van der Waals surface area (Å²) in [7, 11) is 0. The van der Waals surface area contributed by atoms with Gasteiger partial charge in [-0.3, -0.25) is 19.3 Å². The van der Waals surface area contributed by atoms with E-state index in [1.54, 1.807) is 0 Å². The molecule has 2 aliphatic heterocycles. The summed E-state index contributed by atoms with van der Waals surface area (Å²) in [5.41, 5.74) is 1.91. The van der Waals surface area contributed by atoms with Crippen LogP contribution in [-0.2, 0) is 26.3 Å². The minimum Gasteiger partial charge on any atom is -0.368 e. The van der Waals surface area contributed by atoms with Crippen molar-refractivity contribution in [3.8, 4) is 0 Å². The fourth-order valence-electron chi connectivity index (χ4n) is 5.25. The molecule has 9 heteroatoms. The number of carbonyl (C=O) groups is 4. The number of para-hydroxylation sites is 1. The van der Waals surface area contributed by atoms with E-state index in [1.807, 2.05) is 47.4 Å². The highest BCUT2D eigenvalue weighted by molar-refractivity contribution is 6.09. The second-order valence-corrected chi connectivity index (χ2v) is 9.19. The number of rotatable bonds is 6. The smallest absolute Gasteiger partial charge is 0.325 e. The molecule has 5 amide bonds. The summed E-state index contributed by atoms with van der Waals surface area (Å²) >= 11 is 0. The SMILES string of the molecule is O=C(CN1C(=O)NC2(CCc3ccccc32)C1=O)NCCC(=O)N1CCN(c2ccccc2)CC1. The molecule has 0 saturated carbocycles. The number of nitrogens with one attached hydrogen (secondary N) is 2. The number of amides is 5. The van der Waals surface area contributed by atoms with Gasteiger partial charge in [0.2, 0.25) is 11.8 Å². The third-order valence-electron chi connectivity index (χ3n) is 7.14. The Morgan fingerprint density at radius 1 is 0.943 bits per heavy atom. The molecule has 1 spiro atoms. The van der Waals surface area contributed by atoms with Crippen molar-refractivity contribution in [3.05, 3.63) is 65.7 Å². The van der Waals surface area contributed by atoms with E-state index in [4.69, 9.17) is 0 Å². The van der Waals surface area contributed by atoms with E-state index in [0.717, 1.165) is 34.8 Å². The molecule has 0 radical (unpaired) electrons. The van der Waals surface area contributed by atoms with Gasteiger partial charge in [0.25, 0.3) is 5.91 Å². The molecule has 0 aromatic heterocycles. The van der Waals surface area contributed by atoms with Gasteiger partial charge in [-0.2, -0.15) is 0 Å². The number of hydrogen-bond donors (Lipinski definition) is 2. The Balaban J connectivity index is 1.08. The maximum atomic E-state index is 13.2. The molecule has 2 aromatic rings. The summed E-state index contributed by atoms with van der Waals surface area (Å²) in [6.45, 7) is 2.59. The molecule has 3 aliphatic rings. The number of carbonyl (C=O) groups excluding carboxylic acids is 4. The summed E-state index contributed by atoms with van der Waals surface area (Å²) in [5, 5.41) is 5.50. The van der Waals surface area contributed by atoms with Crippen LogP contribution in [0.4, 0.5) is 10.5 Å². The van der Waals surface area contributed by atoms with Crippen molar-refractivity contribution < 1.29 is 19.2 Å². The zero-order valence-electron chi connectivity index (χ0n) is 19.5. The maximum absolute atomic E-state index is 13.2. The van der Waals surface area contributed by atoms with Crippen molar-refractivity contribution in [1.29, 1.82) is 0 Å². The number of piperazine rings is 1. The molecule has 2 fully saturated rings. The molecule has 2 N–H and O–H groups in total. The van der Waals surface area contributed by atoms with E-state index in [-0.39, 0.29) is 25.4 Å². The normalized spacial score (nSPS) is 21.3. The third-order valence-corrected chi connectivity index (χ3v) is 7.14.